The summed E-state index contributed by atoms with van der Waals surface area (Å²) in [5.41, 5.74) is 3.66. The Balaban J connectivity index is 1.88. The van der Waals surface area contributed by atoms with Crippen molar-refractivity contribution < 1.29 is 4.74 Å². The Bertz CT molecular complexity index is 480. The molecule has 1 nitrogen and oxygen atoms in total. The van der Waals surface area contributed by atoms with E-state index in [1.54, 1.807) is 0 Å². The smallest absolute Gasteiger partial charge is 0.0721 e. The number of aryl methyl sites for hydroxylation is 1. The Morgan fingerprint density at radius 2 is 1.65 bits per heavy atom. The van der Waals surface area contributed by atoms with Gasteiger partial charge in [-0.05, 0) is 29.7 Å². The van der Waals surface area contributed by atoms with Gasteiger partial charge in [0, 0.05) is 4.47 Å². The topological polar surface area (TPSA) is 9.23 Å². The van der Waals surface area contributed by atoms with Gasteiger partial charge in [0.05, 0.1) is 13.2 Å². The SMILES string of the molecule is Cc1cc(COCc2ccccc2)ccc1Br. The van der Waals surface area contributed by atoms with Crippen molar-refractivity contribution in [1.82, 2.24) is 0 Å². The molecule has 0 bridgehead atoms. The lowest BCUT2D eigenvalue weighted by Gasteiger charge is -2.06. The lowest BCUT2D eigenvalue weighted by Crippen LogP contribution is -1.94. The van der Waals surface area contributed by atoms with Crippen molar-refractivity contribution >= 4 is 15.9 Å². The predicted molar refractivity (Wildman–Crippen MR) is 73.8 cm³/mol. The van der Waals surface area contributed by atoms with Gasteiger partial charge in [0.15, 0.2) is 0 Å². The van der Waals surface area contributed by atoms with Crippen molar-refractivity contribution in [3.8, 4) is 0 Å². The molecule has 0 aliphatic carbocycles. The number of ether oxygens (including phenoxy) is 1. The highest BCUT2D eigenvalue weighted by Crippen LogP contribution is 2.17. The van der Waals surface area contributed by atoms with Gasteiger partial charge in [0.1, 0.15) is 0 Å². The van der Waals surface area contributed by atoms with Crippen LogP contribution in [0.1, 0.15) is 16.7 Å². The number of halogens is 1. The van der Waals surface area contributed by atoms with E-state index < -0.39 is 0 Å². The summed E-state index contributed by atoms with van der Waals surface area (Å²) in [6.45, 7) is 3.41. The molecule has 2 aromatic carbocycles. The average Bonchev–Trinajstić information content (AvgIpc) is 2.35. The molecule has 0 amide bonds. The molecule has 0 unspecified atom stereocenters. The van der Waals surface area contributed by atoms with E-state index in [1.165, 1.54) is 16.7 Å². The summed E-state index contributed by atoms with van der Waals surface area (Å²) in [5.74, 6) is 0. The van der Waals surface area contributed by atoms with Gasteiger partial charge >= 0.3 is 0 Å². The molecule has 17 heavy (non-hydrogen) atoms. The summed E-state index contributed by atoms with van der Waals surface area (Å²) in [6.07, 6.45) is 0. The standard InChI is InChI=1S/C15H15BrO/c1-12-9-14(7-8-15(12)16)11-17-10-13-5-3-2-4-6-13/h2-9H,10-11H2,1H3. The lowest BCUT2D eigenvalue weighted by atomic mass is 10.1. The van der Waals surface area contributed by atoms with Gasteiger partial charge in [-0.15, -0.1) is 0 Å². The Labute approximate surface area is 111 Å². The lowest BCUT2D eigenvalue weighted by molar-refractivity contribution is 0.107. The third-order valence-corrected chi connectivity index (χ3v) is 3.49. The molecule has 0 N–H and O–H groups in total. The maximum absolute atomic E-state index is 5.69. The molecule has 2 heteroatoms. The highest BCUT2D eigenvalue weighted by Gasteiger charge is 1.98. The van der Waals surface area contributed by atoms with Crippen LogP contribution < -0.4 is 0 Å². The van der Waals surface area contributed by atoms with E-state index in [-0.39, 0.29) is 0 Å². The second kappa shape index (κ2) is 5.99. The Hall–Kier alpha value is -1.12. The minimum absolute atomic E-state index is 0.656. The van der Waals surface area contributed by atoms with Crippen LogP contribution in [0.5, 0.6) is 0 Å². The number of rotatable bonds is 4. The van der Waals surface area contributed by atoms with Crippen LogP contribution in [0, 0.1) is 6.92 Å². The van der Waals surface area contributed by atoms with Crippen molar-refractivity contribution in [2.45, 2.75) is 20.1 Å². The van der Waals surface area contributed by atoms with Gasteiger partial charge in [-0.2, -0.15) is 0 Å². The summed E-state index contributed by atoms with van der Waals surface area (Å²) in [7, 11) is 0. The molecule has 0 heterocycles. The van der Waals surface area contributed by atoms with E-state index in [1.807, 2.05) is 18.2 Å². The zero-order valence-electron chi connectivity index (χ0n) is 9.82. The molecule has 88 valence electrons. The van der Waals surface area contributed by atoms with Crippen molar-refractivity contribution in [3.05, 3.63) is 69.7 Å². The van der Waals surface area contributed by atoms with Crippen molar-refractivity contribution in [2.24, 2.45) is 0 Å². The van der Waals surface area contributed by atoms with Crippen LogP contribution in [0.15, 0.2) is 53.0 Å². The van der Waals surface area contributed by atoms with Gasteiger partial charge in [-0.25, -0.2) is 0 Å². The highest BCUT2D eigenvalue weighted by molar-refractivity contribution is 9.10. The normalized spacial score (nSPS) is 10.5. The van der Waals surface area contributed by atoms with Crippen molar-refractivity contribution in [1.29, 1.82) is 0 Å². The molecule has 0 aromatic heterocycles. The first-order valence-corrected chi connectivity index (χ1v) is 6.42. The van der Waals surface area contributed by atoms with Crippen LogP contribution in [0.2, 0.25) is 0 Å². The summed E-state index contributed by atoms with van der Waals surface area (Å²) >= 11 is 3.49. The molecular formula is C15H15BrO. The van der Waals surface area contributed by atoms with Crippen molar-refractivity contribution in [3.63, 3.8) is 0 Å². The van der Waals surface area contributed by atoms with E-state index >= 15 is 0 Å². The van der Waals surface area contributed by atoms with E-state index in [2.05, 4.69) is 53.2 Å². The number of hydrogen-bond acceptors (Lipinski definition) is 1. The highest BCUT2D eigenvalue weighted by atomic mass is 79.9. The zero-order valence-corrected chi connectivity index (χ0v) is 11.4. The Morgan fingerprint density at radius 3 is 2.35 bits per heavy atom. The minimum atomic E-state index is 0.656. The zero-order chi connectivity index (χ0) is 12.1. The first-order valence-electron chi connectivity index (χ1n) is 5.62. The number of benzene rings is 2. The molecule has 0 atom stereocenters. The maximum atomic E-state index is 5.69. The molecule has 0 radical (unpaired) electrons. The molecule has 2 aromatic rings. The minimum Gasteiger partial charge on any atom is -0.372 e. The third-order valence-electron chi connectivity index (χ3n) is 2.60. The molecule has 0 fully saturated rings. The first-order chi connectivity index (χ1) is 8.25. The quantitative estimate of drug-likeness (QED) is 0.807. The first kappa shape index (κ1) is 12.3. The second-order valence-electron chi connectivity index (χ2n) is 4.06. The molecule has 0 saturated heterocycles. The third kappa shape index (κ3) is 3.69. The van der Waals surface area contributed by atoms with Crippen LogP contribution in [-0.2, 0) is 18.0 Å². The van der Waals surface area contributed by atoms with E-state index in [4.69, 9.17) is 4.74 Å². The molecule has 0 aliphatic heterocycles. The summed E-state index contributed by atoms with van der Waals surface area (Å²) in [6, 6.07) is 16.5. The van der Waals surface area contributed by atoms with Crippen LogP contribution in [0.4, 0.5) is 0 Å². The fourth-order valence-corrected chi connectivity index (χ4v) is 1.90. The maximum Gasteiger partial charge on any atom is 0.0721 e. The molecule has 2 rings (SSSR count). The van der Waals surface area contributed by atoms with Gasteiger partial charge in [0.2, 0.25) is 0 Å². The predicted octanol–water partition coefficient (Wildman–Crippen LogP) is 4.47. The van der Waals surface area contributed by atoms with E-state index in [0.29, 0.717) is 13.2 Å². The molecule has 0 spiro atoms. The van der Waals surface area contributed by atoms with Crippen LogP contribution in [-0.4, -0.2) is 0 Å². The van der Waals surface area contributed by atoms with Gasteiger partial charge in [-0.3, -0.25) is 0 Å². The summed E-state index contributed by atoms with van der Waals surface area (Å²) < 4.78 is 6.83. The molecule has 0 aliphatic rings. The van der Waals surface area contributed by atoms with E-state index in [9.17, 15) is 0 Å². The Morgan fingerprint density at radius 1 is 0.941 bits per heavy atom. The summed E-state index contributed by atoms with van der Waals surface area (Å²) in [4.78, 5) is 0. The largest absolute Gasteiger partial charge is 0.372 e. The molecular weight excluding hydrogens is 276 g/mol. The van der Waals surface area contributed by atoms with Crippen LogP contribution >= 0.6 is 15.9 Å². The van der Waals surface area contributed by atoms with Crippen molar-refractivity contribution in [2.75, 3.05) is 0 Å². The van der Waals surface area contributed by atoms with Gasteiger partial charge in [-0.1, -0.05) is 58.4 Å². The monoisotopic (exact) mass is 290 g/mol. The second-order valence-corrected chi connectivity index (χ2v) is 4.92. The van der Waals surface area contributed by atoms with Crippen LogP contribution in [0.3, 0.4) is 0 Å². The van der Waals surface area contributed by atoms with Crippen LogP contribution in [0.25, 0.3) is 0 Å². The van der Waals surface area contributed by atoms with Gasteiger partial charge < -0.3 is 4.74 Å². The van der Waals surface area contributed by atoms with Gasteiger partial charge in [0.25, 0.3) is 0 Å². The Kier molecular flexibility index (Phi) is 4.35. The van der Waals surface area contributed by atoms with E-state index in [0.717, 1.165) is 4.47 Å². The fourth-order valence-electron chi connectivity index (χ4n) is 1.66. The summed E-state index contributed by atoms with van der Waals surface area (Å²) in [5, 5.41) is 0. The molecule has 0 saturated carbocycles. The fraction of sp³-hybridized carbons (Fsp3) is 0.200. The average molecular weight is 291 g/mol. The number of hydrogen-bond donors (Lipinski definition) is 0.